The Hall–Kier alpha value is -2.14. The first-order valence-electron chi connectivity index (χ1n) is 6.68. The van der Waals surface area contributed by atoms with Gasteiger partial charge in [0, 0.05) is 11.8 Å². The van der Waals surface area contributed by atoms with Crippen molar-refractivity contribution in [2.24, 2.45) is 11.8 Å². The van der Waals surface area contributed by atoms with Crippen LogP contribution in [0.15, 0.2) is 36.4 Å². The average Bonchev–Trinajstić information content (AvgIpc) is 2.45. The summed E-state index contributed by atoms with van der Waals surface area (Å²) < 4.78 is 5.66. The fraction of sp³-hybridized carbons (Fsp3) is 0.333. The lowest BCUT2D eigenvalue weighted by Crippen LogP contribution is -2.13. The highest BCUT2D eigenvalue weighted by molar-refractivity contribution is 5.34. The summed E-state index contributed by atoms with van der Waals surface area (Å²) >= 11 is 0. The van der Waals surface area contributed by atoms with Crippen LogP contribution in [0.3, 0.4) is 0 Å². The normalized spacial score (nSPS) is 10.6. The molecule has 0 bridgehead atoms. The average molecular weight is 272 g/mol. The summed E-state index contributed by atoms with van der Waals surface area (Å²) in [6, 6.07) is 11.5. The molecule has 3 N–H and O–H groups in total. The highest BCUT2D eigenvalue weighted by Crippen LogP contribution is 2.13. The van der Waals surface area contributed by atoms with Gasteiger partial charge in [0.25, 0.3) is 0 Å². The molecule has 5 nitrogen and oxygen atoms in total. The first-order valence-corrected chi connectivity index (χ1v) is 6.68. The van der Waals surface area contributed by atoms with Crippen molar-refractivity contribution in [2.75, 3.05) is 5.43 Å². The topological polar surface area (TPSA) is 73.1 Å². The molecule has 106 valence electrons. The number of rotatable bonds is 6. The lowest BCUT2D eigenvalue weighted by atomic mass is 10.1. The van der Waals surface area contributed by atoms with Crippen LogP contribution >= 0.6 is 0 Å². The largest absolute Gasteiger partial charge is 0.486 e. The molecule has 1 aromatic heterocycles. The molecule has 0 amide bonds. The molecule has 5 heteroatoms. The number of benzene rings is 1. The van der Waals surface area contributed by atoms with E-state index in [4.69, 9.17) is 10.6 Å². The molecule has 0 aliphatic heterocycles. The summed E-state index contributed by atoms with van der Waals surface area (Å²) in [5.74, 6) is 8.01. The van der Waals surface area contributed by atoms with Crippen LogP contribution in [0.5, 0.6) is 5.75 Å². The molecule has 2 aromatic rings. The number of nitrogens with one attached hydrogen (secondary N) is 1. The fourth-order valence-corrected chi connectivity index (χ4v) is 1.88. The Labute approximate surface area is 119 Å². The minimum Gasteiger partial charge on any atom is -0.486 e. The molecule has 20 heavy (non-hydrogen) atoms. The Morgan fingerprint density at radius 2 is 1.95 bits per heavy atom. The third kappa shape index (κ3) is 4.20. The highest BCUT2D eigenvalue weighted by Gasteiger charge is 2.07. The number of nitrogens with zero attached hydrogens (tertiary/aromatic N) is 2. The number of nitrogens with two attached hydrogens (primary N) is 1. The van der Waals surface area contributed by atoms with Crippen molar-refractivity contribution >= 4 is 5.82 Å². The molecular formula is C15H20N4O. The minimum atomic E-state index is 0.324. The molecule has 0 saturated heterocycles. The van der Waals surface area contributed by atoms with Crippen molar-refractivity contribution in [2.45, 2.75) is 26.9 Å². The van der Waals surface area contributed by atoms with Crippen molar-refractivity contribution < 1.29 is 4.74 Å². The predicted molar refractivity (Wildman–Crippen MR) is 79.2 cm³/mol. The number of anilines is 1. The Morgan fingerprint density at radius 3 is 2.60 bits per heavy atom. The molecule has 1 aromatic carbocycles. The monoisotopic (exact) mass is 272 g/mol. The van der Waals surface area contributed by atoms with E-state index in [0.29, 0.717) is 24.2 Å². The van der Waals surface area contributed by atoms with Crippen molar-refractivity contribution in [1.29, 1.82) is 0 Å². The number of ether oxygens (including phenoxy) is 1. The lowest BCUT2D eigenvalue weighted by molar-refractivity contribution is 0.295. The number of aromatic nitrogens is 2. The maximum atomic E-state index is 5.66. The summed E-state index contributed by atoms with van der Waals surface area (Å²) in [6.07, 6.45) is 0.884. The van der Waals surface area contributed by atoms with Gasteiger partial charge in [0.1, 0.15) is 18.2 Å². The van der Waals surface area contributed by atoms with Crippen LogP contribution in [0.1, 0.15) is 25.4 Å². The van der Waals surface area contributed by atoms with Crippen molar-refractivity contribution in [1.82, 2.24) is 9.97 Å². The molecule has 0 unspecified atom stereocenters. The molecule has 0 saturated carbocycles. The van der Waals surface area contributed by atoms with Crippen LogP contribution in [-0.2, 0) is 13.0 Å². The van der Waals surface area contributed by atoms with E-state index < -0.39 is 0 Å². The van der Waals surface area contributed by atoms with Gasteiger partial charge in [-0.15, -0.1) is 0 Å². The molecule has 0 fully saturated rings. The molecule has 2 rings (SSSR count). The quantitative estimate of drug-likeness (QED) is 0.624. The third-order valence-electron chi connectivity index (χ3n) is 2.70. The van der Waals surface area contributed by atoms with E-state index in [-0.39, 0.29) is 0 Å². The molecular weight excluding hydrogens is 252 g/mol. The maximum absolute atomic E-state index is 5.66. The van der Waals surface area contributed by atoms with Crippen LogP contribution in [0.4, 0.5) is 5.82 Å². The Balaban J connectivity index is 2.10. The van der Waals surface area contributed by atoms with Crippen molar-refractivity contribution in [3.05, 3.63) is 47.9 Å². The molecule has 0 aliphatic rings. The summed E-state index contributed by atoms with van der Waals surface area (Å²) in [6.45, 7) is 4.63. The van der Waals surface area contributed by atoms with E-state index in [1.165, 1.54) is 0 Å². The number of hydrazine groups is 1. The van der Waals surface area contributed by atoms with E-state index in [9.17, 15) is 0 Å². The SMILES string of the molecule is CC(C)Cc1cc(NN)nc(COc2ccccc2)n1. The van der Waals surface area contributed by atoms with Crippen molar-refractivity contribution in [3.8, 4) is 5.75 Å². The lowest BCUT2D eigenvalue weighted by Gasteiger charge is -2.10. The zero-order valence-electron chi connectivity index (χ0n) is 11.8. The van der Waals surface area contributed by atoms with Gasteiger partial charge in [-0.3, -0.25) is 0 Å². The van der Waals surface area contributed by atoms with Gasteiger partial charge in [-0.1, -0.05) is 32.0 Å². The highest BCUT2D eigenvalue weighted by atomic mass is 16.5. The molecule has 0 radical (unpaired) electrons. The first-order chi connectivity index (χ1) is 9.67. The second-order valence-corrected chi connectivity index (χ2v) is 5.00. The Bertz CT molecular complexity index is 543. The minimum absolute atomic E-state index is 0.324. The standard InChI is InChI=1S/C15H20N4O/c1-11(2)8-12-9-14(19-16)18-15(17-12)10-20-13-6-4-3-5-7-13/h3-7,9,11H,8,10,16H2,1-2H3,(H,17,18,19). The van der Waals surface area contributed by atoms with E-state index in [1.807, 2.05) is 36.4 Å². The summed E-state index contributed by atoms with van der Waals surface area (Å²) in [5, 5.41) is 0. The van der Waals surface area contributed by atoms with E-state index in [1.54, 1.807) is 0 Å². The Morgan fingerprint density at radius 1 is 1.20 bits per heavy atom. The van der Waals surface area contributed by atoms with Crippen LogP contribution in [0.25, 0.3) is 0 Å². The van der Waals surface area contributed by atoms with E-state index >= 15 is 0 Å². The van der Waals surface area contributed by atoms with Gasteiger partial charge in [-0.05, 0) is 24.5 Å². The zero-order chi connectivity index (χ0) is 14.4. The van der Waals surface area contributed by atoms with Gasteiger partial charge in [0.15, 0.2) is 5.82 Å². The van der Waals surface area contributed by atoms with Crippen molar-refractivity contribution in [3.63, 3.8) is 0 Å². The van der Waals surface area contributed by atoms with E-state index in [2.05, 4.69) is 29.2 Å². The Kier molecular flexibility index (Phi) is 4.90. The van der Waals surface area contributed by atoms with Gasteiger partial charge < -0.3 is 10.2 Å². The fourth-order valence-electron chi connectivity index (χ4n) is 1.88. The van der Waals surface area contributed by atoms with Crippen LogP contribution in [0, 0.1) is 5.92 Å². The van der Waals surface area contributed by atoms with Gasteiger partial charge in [-0.2, -0.15) is 0 Å². The first kappa shape index (κ1) is 14.3. The second-order valence-electron chi connectivity index (χ2n) is 5.00. The molecule has 1 heterocycles. The molecule has 0 aliphatic carbocycles. The summed E-state index contributed by atoms with van der Waals surface area (Å²) in [7, 11) is 0. The predicted octanol–water partition coefficient (Wildman–Crippen LogP) is 2.54. The van der Waals surface area contributed by atoms with Gasteiger partial charge >= 0.3 is 0 Å². The zero-order valence-corrected chi connectivity index (χ0v) is 11.8. The van der Waals surface area contributed by atoms with E-state index in [0.717, 1.165) is 17.9 Å². The number of hydrogen-bond acceptors (Lipinski definition) is 5. The van der Waals surface area contributed by atoms with Crippen LogP contribution in [-0.4, -0.2) is 9.97 Å². The smallest absolute Gasteiger partial charge is 0.168 e. The number of para-hydroxylation sites is 1. The van der Waals surface area contributed by atoms with Gasteiger partial charge in [0.05, 0.1) is 0 Å². The molecule has 0 spiro atoms. The third-order valence-corrected chi connectivity index (χ3v) is 2.70. The number of nitrogen functional groups attached to an aromatic ring is 1. The maximum Gasteiger partial charge on any atom is 0.168 e. The van der Waals surface area contributed by atoms with Gasteiger partial charge in [-0.25, -0.2) is 15.8 Å². The van der Waals surface area contributed by atoms with Gasteiger partial charge in [0.2, 0.25) is 0 Å². The molecule has 0 atom stereocenters. The van der Waals surface area contributed by atoms with Crippen LogP contribution in [0.2, 0.25) is 0 Å². The van der Waals surface area contributed by atoms with Crippen LogP contribution < -0.4 is 16.0 Å². The summed E-state index contributed by atoms with van der Waals surface area (Å²) in [5.41, 5.74) is 3.54. The number of hydrogen-bond donors (Lipinski definition) is 2. The summed E-state index contributed by atoms with van der Waals surface area (Å²) in [4.78, 5) is 8.81. The second kappa shape index (κ2) is 6.86.